The van der Waals surface area contributed by atoms with Crippen LogP contribution in [0.1, 0.15) is 30.4 Å². The zero-order chi connectivity index (χ0) is 20.9. The van der Waals surface area contributed by atoms with E-state index in [0.717, 1.165) is 44.0 Å². The summed E-state index contributed by atoms with van der Waals surface area (Å²) in [5.74, 6) is 2.06. The smallest absolute Gasteiger partial charge is 0.238 e. The molecule has 0 radical (unpaired) electrons. The molecule has 0 aliphatic carbocycles. The number of primary sulfonamides is 1. The van der Waals surface area contributed by atoms with Crippen LogP contribution in [0.5, 0.6) is 0 Å². The van der Waals surface area contributed by atoms with Crippen LogP contribution in [-0.4, -0.2) is 46.0 Å². The summed E-state index contributed by atoms with van der Waals surface area (Å²) < 4.78 is 22.7. The van der Waals surface area contributed by atoms with Crippen LogP contribution in [0, 0.1) is 5.92 Å². The highest BCUT2D eigenvalue weighted by molar-refractivity contribution is 14.0. The molecule has 30 heavy (non-hydrogen) atoms. The Morgan fingerprint density at radius 1 is 1.17 bits per heavy atom. The third-order valence-electron chi connectivity index (χ3n) is 5.59. The van der Waals surface area contributed by atoms with Crippen LogP contribution >= 0.6 is 24.0 Å². The Hall–Kier alpha value is -1.65. The fourth-order valence-electron chi connectivity index (χ4n) is 4.03. The van der Waals surface area contributed by atoms with Gasteiger partial charge >= 0.3 is 0 Å². The molecule has 2 aromatic carbocycles. The van der Waals surface area contributed by atoms with Gasteiger partial charge in [-0.1, -0.05) is 49.4 Å². The molecule has 2 atom stereocenters. The summed E-state index contributed by atoms with van der Waals surface area (Å²) in [6, 6.07) is 17.5. The average molecular weight is 542 g/mol. The van der Waals surface area contributed by atoms with E-state index in [9.17, 15) is 8.42 Å². The van der Waals surface area contributed by atoms with Crippen LogP contribution in [0.15, 0.2) is 64.5 Å². The topological polar surface area (TPSA) is 87.8 Å². The number of sulfonamides is 1. The SMILES string of the molecule is CN=C(NCCc1ccc(S(N)(=O)=O)cc1)N1CCC(c2ccccc2)C(C)C1.I. The summed E-state index contributed by atoms with van der Waals surface area (Å²) in [5, 5.41) is 8.58. The molecule has 3 N–H and O–H groups in total. The molecule has 0 saturated carbocycles. The monoisotopic (exact) mass is 542 g/mol. The zero-order valence-corrected chi connectivity index (χ0v) is 20.6. The minimum absolute atomic E-state index is 0. The number of benzene rings is 2. The predicted molar refractivity (Wildman–Crippen MR) is 133 cm³/mol. The molecule has 0 amide bonds. The number of nitrogens with two attached hydrogens (primary N) is 1. The number of hydrogen-bond donors (Lipinski definition) is 2. The van der Waals surface area contributed by atoms with E-state index in [2.05, 4.69) is 52.5 Å². The summed E-state index contributed by atoms with van der Waals surface area (Å²) in [7, 11) is -1.83. The van der Waals surface area contributed by atoms with Crippen molar-refractivity contribution in [1.82, 2.24) is 10.2 Å². The van der Waals surface area contributed by atoms with E-state index < -0.39 is 10.0 Å². The second-order valence-electron chi connectivity index (χ2n) is 7.64. The van der Waals surface area contributed by atoms with Crippen molar-refractivity contribution in [3.63, 3.8) is 0 Å². The Balaban J connectivity index is 0.00000320. The molecule has 0 aromatic heterocycles. The lowest BCUT2D eigenvalue weighted by atomic mass is 9.82. The number of halogens is 1. The first kappa shape index (κ1) is 24.6. The van der Waals surface area contributed by atoms with Gasteiger partial charge in [-0.25, -0.2) is 13.6 Å². The molecule has 164 valence electrons. The molecule has 1 fully saturated rings. The minimum Gasteiger partial charge on any atom is -0.356 e. The van der Waals surface area contributed by atoms with E-state index in [1.807, 2.05) is 7.05 Å². The van der Waals surface area contributed by atoms with E-state index in [0.29, 0.717) is 11.8 Å². The highest BCUT2D eigenvalue weighted by Crippen LogP contribution is 2.32. The Morgan fingerprint density at radius 2 is 1.83 bits per heavy atom. The first-order chi connectivity index (χ1) is 13.9. The van der Waals surface area contributed by atoms with Crippen LogP contribution in [0.4, 0.5) is 0 Å². The van der Waals surface area contributed by atoms with E-state index in [1.54, 1.807) is 24.3 Å². The number of rotatable bonds is 5. The van der Waals surface area contributed by atoms with Gasteiger partial charge in [0.25, 0.3) is 0 Å². The Morgan fingerprint density at radius 3 is 2.40 bits per heavy atom. The quantitative estimate of drug-likeness (QED) is 0.345. The summed E-state index contributed by atoms with van der Waals surface area (Å²) >= 11 is 0. The lowest BCUT2D eigenvalue weighted by Gasteiger charge is -2.39. The number of guanidine groups is 1. The molecule has 0 bridgehead atoms. The summed E-state index contributed by atoms with van der Waals surface area (Å²) in [6.45, 7) is 4.99. The number of likely N-dealkylation sites (tertiary alicyclic amines) is 1. The summed E-state index contributed by atoms with van der Waals surface area (Å²) in [5.41, 5.74) is 2.47. The van der Waals surface area contributed by atoms with Crippen molar-refractivity contribution in [1.29, 1.82) is 0 Å². The number of aliphatic imine (C=N–C) groups is 1. The molecular formula is C22H31IN4O2S. The van der Waals surface area contributed by atoms with Crippen molar-refractivity contribution in [2.75, 3.05) is 26.7 Å². The first-order valence-electron chi connectivity index (χ1n) is 10.0. The number of hydrogen-bond acceptors (Lipinski definition) is 3. The molecule has 1 aliphatic rings. The lowest BCUT2D eigenvalue weighted by molar-refractivity contribution is 0.234. The van der Waals surface area contributed by atoms with Crippen molar-refractivity contribution in [3.8, 4) is 0 Å². The number of nitrogens with one attached hydrogen (secondary N) is 1. The molecule has 0 spiro atoms. The largest absolute Gasteiger partial charge is 0.356 e. The van der Waals surface area contributed by atoms with Crippen molar-refractivity contribution >= 4 is 40.0 Å². The molecule has 1 aliphatic heterocycles. The minimum atomic E-state index is -3.64. The van der Waals surface area contributed by atoms with Crippen molar-refractivity contribution in [3.05, 3.63) is 65.7 Å². The fourth-order valence-corrected chi connectivity index (χ4v) is 4.55. The van der Waals surface area contributed by atoms with E-state index in [-0.39, 0.29) is 28.9 Å². The van der Waals surface area contributed by atoms with Crippen molar-refractivity contribution in [2.45, 2.75) is 30.6 Å². The average Bonchev–Trinajstić information content (AvgIpc) is 2.71. The lowest BCUT2D eigenvalue weighted by Crippen LogP contribution is -2.48. The van der Waals surface area contributed by atoms with E-state index in [4.69, 9.17) is 5.14 Å². The van der Waals surface area contributed by atoms with E-state index in [1.165, 1.54) is 5.56 Å². The van der Waals surface area contributed by atoms with Gasteiger partial charge in [0.1, 0.15) is 0 Å². The van der Waals surface area contributed by atoms with Gasteiger partial charge in [0, 0.05) is 26.7 Å². The molecule has 1 saturated heterocycles. The standard InChI is InChI=1S/C22H30N4O2S.HI/c1-17-16-26(15-13-21(17)19-6-4-3-5-7-19)22(24-2)25-14-12-18-8-10-20(11-9-18)29(23,27)28;/h3-11,17,21H,12-16H2,1-2H3,(H,24,25)(H2,23,27,28);1H. The Labute approximate surface area is 197 Å². The van der Waals surface area contributed by atoms with Crippen LogP contribution in [0.3, 0.4) is 0 Å². The van der Waals surface area contributed by atoms with Gasteiger partial charge in [-0.2, -0.15) is 0 Å². The van der Waals surface area contributed by atoms with Gasteiger partial charge in [0.15, 0.2) is 5.96 Å². The van der Waals surface area contributed by atoms with Gasteiger partial charge in [0.2, 0.25) is 10.0 Å². The van der Waals surface area contributed by atoms with Crippen LogP contribution in [0.25, 0.3) is 0 Å². The normalized spacial score (nSPS) is 19.8. The number of nitrogens with zero attached hydrogens (tertiary/aromatic N) is 2. The highest BCUT2D eigenvalue weighted by atomic mass is 127. The first-order valence-corrected chi connectivity index (χ1v) is 11.6. The highest BCUT2D eigenvalue weighted by Gasteiger charge is 2.28. The number of piperidine rings is 1. The molecule has 1 heterocycles. The molecule has 3 rings (SSSR count). The molecule has 8 heteroatoms. The maximum atomic E-state index is 11.3. The zero-order valence-electron chi connectivity index (χ0n) is 17.5. The fraction of sp³-hybridized carbons (Fsp3) is 0.409. The van der Waals surface area contributed by atoms with Crippen LogP contribution < -0.4 is 10.5 Å². The predicted octanol–water partition coefficient (Wildman–Crippen LogP) is 3.20. The maximum absolute atomic E-state index is 11.3. The molecular weight excluding hydrogens is 511 g/mol. The van der Waals surface area contributed by atoms with Gasteiger partial charge in [-0.15, -0.1) is 24.0 Å². The van der Waals surface area contributed by atoms with Gasteiger partial charge in [0.05, 0.1) is 4.90 Å². The summed E-state index contributed by atoms with van der Waals surface area (Å²) in [4.78, 5) is 6.92. The third-order valence-corrected chi connectivity index (χ3v) is 6.52. The van der Waals surface area contributed by atoms with Crippen LogP contribution in [0.2, 0.25) is 0 Å². The maximum Gasteiger partial charge on any atom is 0.238 e. The van der Waals surface area contributed by atoms with Gasteiger partial charge in [-0.05, 0) is 47.9 Å². The molecule has 2 aromatic rings. The second kappa shape index (κ2) is 11.1. The Bertz CT molecular complexity index is 933. The second-order valence-corrected chi connectivity index (χ2v) is 9.20. The van der Waals surface area contributed by atoms with E-state index >= 15 is 0 Å². The van der Waals surface area contributed by atoms with Gasteiger partial charge in [-0.3, -0.25) is 4.99 Å². The molecule has 2 unspecified atom stereocenters. The third kappa shape index (κ3) is 6.42. The molecule has 6 nitrogen and oxygen atoms in total. The van der Waals surface area contributed by atoms with Crippen molar-refractivity contribution in [2.24, 2.45) is 16.0 Å². The Kier molecular flexibility index (Phi) is 9.11. The van der Waals surface area contributed by atoms with Crippen molar-refractivity contribution < 1.29 is 8.42 Å². The summed E-state index contributed by atoms with van der Waals surface area (Å²) in [6.07, 6.45) is 1.89. The van der Waals surface area contributed by atoms with Crippen LogP contribution in [-0.2, 0) is 16.4 Å². The van der Waals surface area contributed by atoms with Gasteiger partial charge < -0.3 is 10.2 Å².